The topological polar surface area (TPSA) is 34.1 Å². The van der Waals surface area contributed by atoms with Crippen molar-refractivity contribution in [1.82, 2.24) is 0 Å². The molecule has 0 saturated carbocycles. The van der Waals surface area contributed by atoms with Crippen molar-refractivity contribution in [3.05, 3.63) is 18.4 Å². The summed E-state index contributed by atoms with van der Waals surface area (Å²) in [6.45, 7) is 1.90. The van der Waals surface area contributed by atoms with Gasteiger partial charge in [0.05, 0.1) is 0 Å². The Morgan fingerprint density at radius 3 is 1.69 bits per heavy atom. The van der Waals surface area contributed by atoms with Gasteiger partial charge < -0.3 is 0 Å². The van der Waals surface area contributed by atoms with Gasteiger partial charge in [-0.2, -0.15) is 22.0 Å². The van der Waals surface area contributed by atoms with E-state index in [1.807, 2.05) is 6.92 Å². The Kier molecular flexibility index (Phi) is 3.08. The fraction of sp³-hybridized carbons (Fsp3) is 0.400. The molecule has 0 bridgehead atoms. The summed E-state index contributed by atoms with van der Waals surface area (Å²) in [5, 5.41) is -5.06. The minimum absolute atomic E-state index is 0.611. The van der Waals surface area contributed by atoms with Gasteiger partial charge in [0.2, 0.25) is 9.84 Å². The van der Waals surface area contributed by atoms with E-state index in [0.717, 1.165) is 0 Å². The number of hydrogen-bond donors (Lipinski definition) is 0. The highest BCUT2D eigenvalue weighted by Gasteiger charge is 2.38. The molecule has 0 aromatic carbocycles. The van der Waals surface area contributed by atoms with Crippen molar-refractivity contribution in [2.75, 3.05) is 0 Å². The first kappa shape index (κ1) is 12.3. The molecule has 0 unspecified atom stereocenters. The van der Waals surface area contributed by atoms with Gasteiger partial charge in [0, 0.05) is 18.4 Å². The van der Waals surface area contributed by atoms with Crippen LogP contribution in [0.1, 0.15) is 0 Å². The fourth-order valence-electron chi connectivity index (χ4n) is 0.266. The number of allylic oxidation sites excluding steroid dienone is 1. The van der Waals surface area contributed by atoms with Crippen LogP contribution in [0.4, 0.5) is 22.0 Å². The Bertz CT molecular complexity index is 294. The average molecular weight is 223 g/mol. The Morgan fingerprint density at radius 1 is 1.08 bits per heavy atom. The van der Waals surface area contributed by atoms with Crippen LogP contribution in [0.5, 0.6) is 0 Å². The minimum Gasteiger partial charge on any atom is -0.218 e. The zero-order valence-corrected chi connectivity index (χ0v) is 6.79. The molecule has 0 N–H and O–H groups in total. The van der Waals surface area contributed by atoms with Gasteiger partial charge in [-0.05, 0) is 0 Å². The van der Waals surface area contributed by atoms with Crippen molar-refractivity contribution < 1.29 is 30.4 Å². The standard InChI is InChI=1S/C5H4F5O2S/c1-4(6,7)13(11,12)3-2-5(8,9)10/h2-3H,1H2. The van der Waals surface area contributed by atoms with Crippen molar-refractivity contribution in [3.8, 4) is 0 Å². The SMILES string of the molecule is [CH2]C(F)(F)S(=O)(=O)C=CC(F)(F)F. The molecule has 0 aliphatic carbocycles. The van der Waals surface area contributed by atoms with Gasteiger partial charge in [-0.1, -0.05) is 0 Å². The van der Waals surface area contributed by atoms with E-state index in [2.05, 4.69) is 0 Å². The number of rotatable bonds is 2. The third kappa shape index (κ3) is 4.20. The first-order chi connectivity index (χ1) is 5.46. The van der Waals surface area contributed by atoms with Gasteiger partial charge in [-0.3, -0.25) is 0 Å². The Morgan fingerprint density at radius 2 is 1.46 bits per heavy atom. The lowest BCUT2D eigenvalue weighted by molar-refractivity contribution is -0.0797. The van der Waals surface area contributed by atoms with E-state index in [9.17, 15) is 30.4 Å². The molecule has 0 atom stereocenters. The second-order valence-electron chi connectivity index (χ2n) is 2.03. The van der Waals surface area contributed by atoms with E-state index in [1.54, 1.807) is 0 Å². The Hall–Kier alpha value is -0.660. The van der Waals surface area contributed by atoms with Gasteiger partial charge in [0.1, 0.15) is 0 Å². The van der Waals surface area contributed by atoms with Crippen molar-refractivity contribution in [2.45, 2.75) is 11.4 Å². The number of halogens is 5. The summed E-state index contributed by atoms with van der Waals surface area (Å²) < 4.78 is 78.6. The molecule has 0 spiro atoms. The molecule has 0 aromatic rings. The van der Waals surface area contributed by atoms with Gasteiger partial charge in [-0.15, -0.1) is 0 Å². The molecule has 8 heteroatoms. The maximum absolute atomic E-state index is 12.0. The van der Waals surface area contributed by atoms with Crippen LogP contribution in [0, 0.1) is 6.92 Å². The lowest BCUT2D eigenvalue weighted by atomic mass is 10.6. The van der Waals surface area contributed by atoms with Crippen molar-refractivity contribution in [2.24, 2.45) is 0 Å². The highest BCUT2D eigenvalue weighted by atomic mass is 32.2. The summed E-state index contributed by atoms with van der Waals surface area (Å²) in [6, 6.07) is 0. The third-order valence-corrected chi connectivity index (χ3v) is 2.18. The summed E-state index contributed by atoms with van der Waals surface area (Å²) in [7, 11) is -5.28. The summed E-state index contributed by atoms with van der Waals surface area (Å²) >= 11 is 0. The summed E-state index contributed by atoms with van der Waals surface area (Å²) in [5.74, 6) is 0. The maximum atomic E-state index is 12.0. The van der Waals surface area contributed by atoms with Crippen LogP contribution >= 0.6 is 0 Å². The van der Waals surface area contributed by atoms with Crippen molar-refractivity contribution in [3.63, 3.8) is 0 Å². The lowest BCUT2D eigenvalue weighted by Gasteiger charge is -2.07. The lowest BCUT2D eigenvalue weighted by Crippen LogP contribution is -2.23. The molecule has 0 aliphatic rings. The van der Waals surface area contributed by atoms with E-state index in [-0.39, 0.29) is 0 Å². The van der Waals surface area contributed by atoms with E-state index in [0.29, 0.717) is 0 Å². The number of alkyl halides is 5. The first-order valence-corrected chi connectivity index (χ1v) is 4.24. The molecule has 0 saturated heterocycles. The second-order valence-corrected chi connectivity index (χ2v) is 3.99. The molecule has 2 nitrogen and oxygen atoms in total. The van der Waals surface area contributed by atoms with Gasteiger partial charge in [0.15, 0.2) is 0 Å². The number of sulfone groups is 1. The second kappa shape index (κ2) is 3.24. The molecule has 0 amide bonds. The van der Waals surface area contributed by atoms with E-state index < -0.39 is 32.8 Å². The fourth-order valence-corrected chi connectivity index (χ4v) is 0.799. The Balaban J connectivity index is 4.85. The van der Waals surface area contributed by atoms with Crippen LogP contribution in [0.25, 0.3) is 0 Å². The molecule has 77 valence electrons. The van der Waals surface area contributed by atoms with Crippen molar-refractivity contribution >= 4 is 9.84 Å². The minimum atomic E-state index is -5.28. The largest absolute Gasteiger partial charge is 0.410 e. The van der Waals surface area contributed by atoms with Crippen LogP contribution in [-0.4, -0.2) is 19.8 Å². The molecule has 0 aliphatic heterocycles. The molecule has 0 aromatic heterocycles. The van der Waals surface area contributed by atoms with Crippen LogP contribution in [0.3, 0.4) is 0 Å². The molecular formula is C5H4F5O2S. The van der Waals surface area contributed by atoms with E-state index >= 15 is 0 Å². The highest BCUT2D eigenvalue weighted by molar-refractivity contribution is 7.95. The third-order valence-electron chi connectivity index (χ3n) is 0.852. The predicted octanol–water partition coefficient (Wildman–Crippen LogP) is 1.90. The average Bonchev–Trinajstić information content (AvgIpc) is 1.79. The highest BCUT2D eigenvalue weighted by Crippen LogP contribution is 2.24. The molecule has 0 heterocycles. The molecular weight excluding hydrogens is 219 g/mol. The van der Waals surface area contributed by atoms with Gasteiger partial charge >= 0.3 is 11.4 Å². The molecule has 1 radical (unpaired) electrons. The van der Waals surface area contributed by atoms with E-state index in [4.69, 9.17) is 0 Å². The van der Waals surface area contributed by atoms with E-state index in [1.165, 1.54) is 0 Å². The maximum Gasteiger partial charge on any atom is 0.410 e. The van der Waals surface area contributed by atoms with Crippen LogP contribution in [0.15, 0.2) is 11.5 Å². The molecule has 0 fully saturated rings. The smallest absolute Gasteiger partial charge is 0.218 e. The summed E-state index contributed by atoms with van der Waals surface area (Å²) in [5.41, 5.74) is 0. The monoisotopic (exact) mass is 223 g/mol. The zero-order valence-electron chi connectivity index (χ0n) is 5.98. The molecule has 0 rings (SSSR count). The zero-order chi connectivity index (χ0) is 10.9. The summed E-state index contributed by atoms with van der Waals surface area (Å²) in [6.07, 6.45) is -5.74. The van der Waals surface area contributed by atoms with Crippen LogP contribution in [-0.2, 0) is 9.84 Å². The number of hydrogen-bond acceptors (Lipinski definition) is 2. The summed E-state index contributed by atoms with van der Waals surface area (Å²) in [4.78, 5) is 0. The normalized spacial score (nSPS) is 15.2. The van der Waals surface area contributed by atoms with Crippen molar-refractivity contribution in [1.29, 1.82) is 0 Å². The Labute approximate surface area is 71.0 Å². The molecule has 13 heavy (non-hydrogen) atoms. The van der Waals surface area contributed by atoms with Crippen LogP contribution < -0.4 is 0 Å². The van der Waals surface area contributed by atoms with Gasteiger partial charge in [0.25, 0.3) is 0 Å². The quantitative estimate of drug-likeness (QED) is 0.670. The van der Waals surface area contributed by atoms with Crippen LogP contribution in [0.2, 0.25) is 0 Å². The predicted molar refractivity (Wildman–Crippen MR) is 34.4 cm³/mol. The first-order valence-electron chi connectivity index (χ1n) is 2.69. The van der Waals surface area contributed by atoms with Gasteiger partial charge in [-0.25, -0.2) is 8.42 Å².